The monoisotopic (exact) mass is 282 g/mol. The summed E-state index contributed by atoms with van der Waals surface area (Å²) in [6.07, 6.45) is 5.21. The van der Waals surface area contributed by atoms with E-state index >= 15 is 0 Å². The second kappa shape index (κ2) is 5.70. The van der Waals surface area contributed by atoms with Gasteiger partial charge in [0.15, 0.2) is 5.82 Å². The number of methoxy groups -OCH3 is 1. The number of imidazole rings is 1. The highest BCUT2D eigenvalue weighted by atomic mass is 16.5. The third kappa shape index (κ3) is 2.89. The summed E-state index contributed by atoms with van der Waals surface area (Å²) in [4.78, 5) is 23.9. The van der Waals surface area contributed by atoms with Crippen LogP contribution in [0.3, 0.4) is 0 Å². The average molecular weight is 282 g/mol. The highest BCUT2D eigenvalue weighted by molar-refractivity contribution is 5.72. The average Bonchev–Trinajstić information content (AvgIpc) is 2.97. The molecule has 1 aromatic rings. The second-order valence-electron chi connectivity index (χ2n) is 4.68. The topological polar surface area (TPSA) is 69.9 Å². The molecule has 0 aromatic heterocycles. The summed E-state index contributed by atoms with van der Waals surface area (Å²) in [5.41, 5.74) is 2.76. The maximum Gasteiger partial charge on any atom is 0.309 e. The molecule has 2 aliphatic rings. The minimum Gasteiger partial charge on any atom is -0.469 e. The van der Waals surface area contributed by atoms with Crippen LogP contribution in [-0.2, 0) is 22.5 Å². The number of rotatable bonds is 4. The Bertz CT molecular complexity index is 738. The lowest BCUT2D eigenvalue weighted by Crippen LogP contribution is -2.08. The molecular formula is C15H14N4O2. The van der Waals surface area contributed by atoms with E-state index in [0.29, 0.717) is 6.54 Å². The Labute approximate surface area is 121 Å². The molecule has 0 amide bonds. The summed E-state index contributed by atoms with van der Waals surface area (Å²) in [6, 6.07) is 7.83. The third-order valence-corrected chi connectivity index (χ3v) is 3.20. The zero-order valence-corrected chi connectivity index (χ0v) is 11.6. The first-order valence-electron chi connectivity index (χ1n) is 6.52. The predicted octanol–water partition coefficient (Wildman–Crippen LogP) is 1.54. The number of hydrogen-bond donors (Lipinski definition) is 0. The van der Waals surface area contributed by atoms with Crippen LogP contribution < -0.4 is 0 Å². The van der Waals surface area contributed by atoms with Gasteiger partial charge in [-0.2, -0.15) is 0 Å². The Morgan fingerprint density at radius 2 is 2.14 bits per heavy atom. The Kier molecular flexibility index (Phi) is 3.59. The molecule has 2 aliphatic heterocycles. The van der Waals surface area contributed by atoms with Crippen molar-refractivity contribution < 1.29 is 9.53 Å². The van der Waals surface area contributed by atoms with Crippen molar-refractivity contribution in [3.05, 3.63) is 54.2 Å². The van der Waals surface area contributed by atoms with Crippen molar-refractivity contribution in [2.45, 2.75) is 13.0 Å². The van der Waals surface area contributed by atoms with Crippen LogP contribution in [-0.4, -0.2) is 32.6 Å². The van der Waals surface area contributed by atoms with Crippen molar-refractivity contribution in [1.29, 1.82) is 0 Å². The lowest BCUT2D eigenvalue weighted by Gasteiger charge is -2.10. The molecule has 21 heavy (non-hydrogen) atoms. The van der Waals surface area contributed by atoms with Crippen LogP contribution in [0.5, 0.6) is 0 Å². The SMILES string of the molecule is COC(=O)Cc1cccc(Cn2cncc3ncnc2-3)c1. The predicted molar refractivity (Wildman–Crippen MR) is 75.7 cm³/mol. The van der Waals surface area contributed by atoms with Gasteiger partial charge in [0, 0.05) is 0 Å². The van der Waals surface area contributed by atoms with E-state index in [1.165, 1.54) is 13.4 Å². The van der Waals surface area contributed by atoms with E-state index in [2.05, 4.69) is 19.7 Å². The summed E-state index contributed by atoms with van der Waals surface area (Å²) in [6.45, 7) is 0.623. The van der Waals surface area contributed by atoms with Crippen LogP contribution in [0.2, 0.25) is 0 Å². The van der Waals surface area contributed by atoms with Gasteiger partial charge >= 0.3 is 5.97 Å². The van der Waals surface area contributed by atoms with Crippen LogP contribution in [0.4, 0.5) is 0 Å². The first kappa shape index (κ1) is 13.2. The highest BCUT2D eigenvalue weighted by Crippen LogP contribution is 2.16. The van der Waals surface area contributed by atoms with Gasteiger partial charge in [0.2, 0.25) is 0 Å². The van der Waals surface area contributed by atoms with Crippen molar-refractivity contribution in [1.82, 2.24) is 19.5 Å². The molecule has 0 bridgehead atoms. The molecule has 0 saturated carbocycles. The van der Waals surface area contributed by atoms with E-state index in [4.69, 9.17) is 0 Å². The third-order valence-electron chi connectivity index (χ3n) is 3.20. The lowest BCUT2D eigenvalue weighted by molar-refractivity contribution is -0.139. The maximum atomic E-state index is 11.3. The van der Waals surface area contributed by atoms with Gasteiger partial charge < -0.3 is 9.30 Å². The normalized spacial score (nSPS) is 10.7. The number of aromatic nitrogens is 4. The van der Waals surface area contributed by atoms with Gasteiger partial charge in [0.1, 0.15) is 12.0 Å². The van der Waals surface area contributed by atoms with Crippen molar-refractivity contribution in [3.8, 4) is 11.5 Å². The summed E-state index contributed by atoms with van der Waals surface area (Å²) < 4.78 is 6.62. The Balaban J connectivity index is 1.83. The molecule has 2 heterocycles. The minimum atomic E-state index is -0.245. The summed E-state index contributed by atoms with van der Waals surface area (Å²) in [5, 5.41) is 0. The molecule has 6 nitrogen and oxygen atoms in total. The zero-order valence-electron chi connectivity index (χ0n) is 11.6. The summed E-state index contributed by atoms with van der Waals surface area (Å²) >= 11 is 0. The molecule has 0 saturated heterocycles. The van der Waals surface area contributed by atoms with Gasteiger partial charge in [-0.25, -0.2) is 15.0 Å². The van der Waals surface area contributed by atoms with Crippen LogP contribution in [0.15, 0.2) is 43.1 Å². The van der Waals surface area contributed by atoms with E-state index in [1.54, 1.807) is 12.5 Å². The molecule has 0 aliphatic carbocycles. The van der Waals surface area contributed by atoms with Gasteiger partial charge in [-0.3, -0.25) is 4.79 Å². The Morgan fingerprint density at radius 3 is 3.00 bits per heavy atom. The van der Waals surface area contributed by atoms with Gasteiger partial charge in [0.05, 0.1) is 32.6 Å². The summed E-state index contributed by atoms with van der Waals surface area (Å²) in [7, 11) is 1.39. The van der Waals surface area contributed by atoms with E-state index in [0.717, 1.165) is 22.6 Å². The van der Waals surface area contributed by atoms with Gasteiger partial charge in [-0.05, 0) is 11.1 Å². The van der Waals surface area contributed by atoms with Crippen LogP contribution >= 0.6 is 0 Å². The van der Waals surface area contributed by atoms with Crippen molar-refractivity contribution in [2.24, 2.45) is 0 Å². The van der Waals surface area contributed by atoms with E-state index in [1.807, 2.05) is 28.8 Å². The van der Waals surface area contributed by atoms with Crippen LogP contribution in [0, 0.1) is 0 Å². The molecule has 6 heteroatoms. The van der Waals surface area contributed by atoms with Crippen molar-refractivity contribution in [3.63, 3.8) is 0 Å². The van der Waals surface area contributed by atoms with Gasteiger partial charge in [-0.1, -0.05) is 24.3 Å². The van der Waals surface area contributed by atoms with Crippen LogP contribution in [0.25, 0.3) is 11.5 Å². The first-order chi connectivity index (χ1) is 10.3. The number of ether oxygens (including phenoxy) is 1. The van der Waals surface area contributed by atoms with Gasteiger partial charge in [-0.15, -0.1) is 0 Å². The van der Waals surface area contributed by atoms with Gasteiger partial charge in [0.25, 0.3) is 0 Å². The molecule has 106 valence electrons. The molecule has 0 N–H and O–H groups in total. The second-order valence-corrected chi connectivity index (χ2v) is 4.68. The fourth-order valence-corrected chi connectivity index (χ4v) is 2.21. The number of carbonyl (C=O) groups excluding carboxylic acids is 1. The number of carbonyl (C=O) groups is 1. The smallest absolute Gasteiger partial charge is 0.309 e. The highest BCUT2D eigenvalue weighted by Gasteiger charge is 2.10. The quantitative estimate of drug-likeness (QED) is 0.679. The van der Waals surface area contributed by atoms with E-state index < -0.39 is 0 Å². The van der Waals surface area contributed by atoms with E-state index in [9.17, 15) is 4.79 Å². The standard InChI is InChI=1S/C15H14N4O2/c1-21-14(20)6-11-3-2-4-12(5-11)8-19-10-16-7-13-15(19)18-9-17-13/h2-5,7,9-10H,6,8H2,1H3. The number of hydrogen-bond acceptors (Lipinski definition) is 5. The zero-order chi connectivity index (χ0) is 14.7. The van der Waals surface area contributed by atoms with E-state index in [-0.39, 0.29) is 12.4 Å². The molecule has 0 atom stereocenters. The lowest BCUT2D eigenvalue weighted by atomic mass is 10.1. The maximum absolute atomic E-state index is 11.3. The fraction of sp³-hybridized carbons (Fsp3) is 0.200. The van der Waals surface area contributed by atoms with Crippen molar-refractivity contribution >= 4 is 5.97 Å². The summed E-state index contributed by atoms with van der Waals surface area (Å²) in [5.74, 6) is 0.550. The number of fused-ring (bicyclic) bond motifs is 1. The number of benzene rings is 1. The molecular weight excluding hydrogens is 268 g/mol. The largest absolute Gasteiger partial charge is 0.469 e. The number of nitrogens with zero attached hydrogens (tertiary/aromatic N) is 4. The molecule has 0 spiro atoms. The fourth-order valence-electron chi connectivity index (χ4n) is 2.21. The van der Waals surface area contributed by atoms with Crippen LogP contribution in [0.1, 0.15) is 11.1 Å². The first-order valence-corrected chi connectivity index (χ1v) is 6.52. The molecule has 1 aromatic carbocycles. The minimum absolute atomic E-state index is 0.245. The molecule has 0 fully saturated rings. The molecule has 0 radical (unpaired) electrons. The Hall–Kier alpha value is -2.76. The Morgan fingerprint density at radius 1 is 1.29 bits per heavy atom. The number of esters is 1. The molecule has 0 unspecified atom stereocenters. The van der Waals surface area contributed by atoms with Crippen molar-refractivity contribution in [2.75, 3.05) is 7.11 Å². The molecule has 3 rings (SSSR count).